The van der Waals surface area contributed by atoms with E-state index in [1.807, 2.05) is 6.07 Å². The number of nitro groups is 1. The summed E-state index contributed by atoms with van der Waals surface area (Å²) < 4.78 is 10.3. The maximum atomic E-state index is 12.2. The number of rotatable bonds is 7. The molecule has 1 N–H and O–H groups in total. The molecule has 0 bridgehead atoms. The van der Waals surface area contributed by atoms with E-state index in [1.165, 1.54) is 38.6 Å². The molecule has 0 aromatic heterocycles. The van der Waals surface area contributed by atoms with E-state index in [-0.39, 0.29) is 5.69 Å². The molecule has 0 unspecified atom stereocenters. The lowest BCUT2D eigenvalue weighted by Crippen LogP contribution is -2.26. The molecule has 0 aliphatic carbocycles. The van der Waals surface area contributed by atoms with Crippen molar-refractivity contribution in [3.8, 4) is 5.75 Å². The van der Waals surface area contributed by atoms with Crippen LogP contribution in [0.5, 0.6) is 5.75 Å². The first-order chi connectivity index (χ1) is 12.1. The number of non-ortho nitro benzene ring substituents is 1. The summed E-state index contributed by atoms with van der Waals surface area (Å²) in [7, 11) is 2.86. The van der Waals surface area contributed by atoms with Gasteiger partial charge in [-0.15, -0.1) is 0 Å². The van der Waals surface area contributed by atoms with Gasteiger partial charge in [-0.25, -0.2) is 5.43 Å². The molecule has 0 saturated carbocycles. The summed E-state index contributed by atoms with van der Waals surface area (Å²) in [6.07, 6.45) is 0.465. The Morgan fingerprint density at radius 2 is 1.96 bits per heavy atom. The molecule has 25 heavy (non-hydrogen) atoms. The predicted molar refractivity (Wildman–Crippen MR) is 91.6 cm³/mol. The summed E-state index contributed by atoms with van der Waals surface area (Å²) in [6.45, 7) is 0. The van der Waals surface area contributed by atoms with Crippen LogP contribution < -0.4 is 10.2 Å². The molecular formula is C17H17N3O5. The number of hydrogen-bond acceptors (Lipinski definition) is 6. The minimum Gasteiger partial charge on any atom is -0.496 e. The van der Waals surface area contributed by atoms with Crippen molar-refractivity contribution < 1.29 is 19.2 Å². The smallest absolute Gasteiger partial charge is 0.273 e. The molecule has 0 fully saturated rings. The van der Waals surface area contributed by atoms with Crippen LogP contribution in [0.15, 0.2) is 53.6 Å². The summed E-state index contributed by atoms with van der Waals surface area (Å²) in [5.74, 6) is -0.0655. The van der Waals surface area contributed by atoms with Gasteiger partial charge in [0, 0.05) is 24.8 Å². The molecular weight excluding hydrogens is 326 g/mol. The van der Waals surface area contributed by atoms with Crippen LogP contribution in [0.1, 0.15) is 17.2 Å². The van der Waals surface area contributed by atoms with E-state index in [0.717, 1.165) is 0 Å². The van der Waals surface area contributed by atoms with Crippen LogP contribution in [0.2, 0.25) is 0 Å². The Hall–Kier alpha value is -3.26. The van der Waals surface area contributed by atoms with Gasteiger partial charge >= 0.3 is 0 Å². The lowest BCUT2D eigenvalue weighted by Gasteiger charge is -2.13. The molecule has 1 amide bonds. The van der Waals surface area contributed by atoms with Crippen LogP contribution in [0, 0.1) is 10.1 Å². The van der Waals surface area contributed by atoms with Crippen molar-refractivity contribution in [2.24, 2.45) is 5.10 Å². The predicted octanol–water partition coefficient (Wildman–Crippen LogP) is 2.44. The number of hydrazone groups is 1. The van der Waals surface area contributed by atoms with Crippen molar-refractivity contribution in [3.05, 3.63) is 69.8 Å². The first kappa shape index (κ1) is 18.1. The molecule has 2 aromatic rings. The molecule has 0 heterocycles. The van der Waals surface area contributed by atoms with Gasteiger partial charge in [-0.2, -0.15) is 5.10 Å². The topological polar surface area (TPSA) is 103 Å². The summed E-state index contributed by atoms with van der Waals surface area (Å²) in [6, 6.07) is 13.1. The highest BCUT2D eigenvalue weighted by Gasteiger charge is 2.19. The summed E-state index contributed by atoms with van der Waals surface area (Å²) >= 11 is 0. The van der Waals surface area contributed by atoms with Crippen LogP contribution >= 0.6 is 0 Å². The van der Waals surface area contributed by atoms with Gasteiger partial charge in [-0.1, -0.05) is 30.3 Å². The van der Waals surface area contributed by atoms with E-state index in [9.17, 15) is 14.9 Å². The van der Waals surface area contributed by atoms with Crippen molar-refractivity contribution in [1.29, 1.82) is 0 Å². The molecule has 130 valence electrons. The second-order valence-corrected chi connectivity index (χ2v) is 4.94. The number of nitrogens with zero attached hydrogens (tertiary/aromatic N) is 2. The number of carbonyl (C=O) groups is 1. The lowest BCUT2D eigenvalue weighted by atomic mass is 10.1. The number of nitro benzene ring substituents is 1. The van der Waals surface area contributed by atoms with Crippen molar-refractivity contribution in [1.82, 2.24) is 5.43 Å². The van der Waals surface area contributed by atoms with E-state index in [4.69, 9.17) is 9.47 Å². The van der Waals surface area contributed by atoms with Gasteiger partial charge in [0.15, 0.2) is 6.10 Å². The molecule has 2 rings (SSSR count). The number of ether oxygens (including phenoxy) is 2. The highest BCUT2D eigenvalue weighted by Crippen LogP contribution is 2.22. The number of benzene rings is 2. The number of amides is 1. The van der Waals surface area contributed by atoms with E-state index in [1.54, 1.807) is 24.3 Å². The molecule has 1 atom stereocenters. The van der Waals surface area contributed by atoms with Crippen molar-refractivity contribution in [2.45, 2.75) is 6.10 Å². The third kappa shape index (κ3) is 4.61. The highest BCUT2D eigenvalue weighted by molar-refractivity contribution is 5.87. The Morgan fingerprint density at radius 3 is 2.56 bits per heavy atom. The Labute approximate surface area is 144 Å². The second-order valence-electron chi connectivity index (χ2n) is 4.94. The van der Waals surface area contributed by atoms with Gasteiger partial charge in [0.2, 0.25) is 0 Å². The minimum atomic E-state index is -0.814. The number of carbonyl (C=O) groups excluding carboxylic acids is 1. The fourth-order valence-corrected chi connectivity index (χ4v) is 2.18. The van der Waals surface area contributed by atoms with Gasteiger partial charge < -0.3 is 9.47 Å². The highest BCUT2D eigenvalue weighted by atomic mass is 16.6. The molecule has 0 radical (unpaired) electrons. The van der Waals surface area contributed by atoms with Gasteiger partial charge in [0.05, 0.1) is 18.2 Å². The maximum absolute atomic E-state index is 12.2. The van der Waals surface area contributed by atoms with E-state index < -0.39 is 16.9 Å². The second kappa shape index (κ2) is 8.55. The van der Waals surface area contributed by atoms with Crippen molar-refractivity contribution in [2.75, 3.05) is 14.2 Å². The quantitative estimate of drug-likeness (QED) is 0.472. The SMILES string of the molecule is COc1ccc([N+](=O)[O-])cc1/C=N\NC(=O)[C@H](OC)c1ccccc1. The number of hydrogen-bond donors (Lipinski definition) is 1. The van der Waals surface area contributed by atoms with Crippen molar-refractivity contribution in [3.63, 3.8) is 0 Å². The molecule has 2 aromatic carbocycles. The van der Waals surface area contributed by atoms with Gasteiger partial charge in [0.25, 0.3) is 11.6 Å². The molecule has 0 saturated heterocycles. The van der Waals surface area contributed by atoms with Crippen LogP contribution in [-0.4, -0.2) is 31.3 Å². The molecule has 0 aliphatic rings. The zero-order chi connectivity index (χ0) is 18.2. The summed E-state index contributed by atoms with van der Waals surface area (Å²) in [5, 5.41) is 14.7. The Bertz CT molecular complexity index is 777. The van der Waals surface area contributed by atoms with E-state index in [2.05, 4.69) is 10.5 Å². The third-order valence-corrected chi connectivity index (χ3v) is 3.38. The zero-order valence-corrected chi connectivity index (χ0v) is 13.7. The third-order valence-electron chi connectivity index (χ3n) is 3.38. The summed E-state index contributed by atoms with van der Waals surface area (Å²) in [4.78, 5) is 22.5. The average molecular weight is 343 g/mol. The molecule has 0 spiro atoms. The fourth-order valence-electron chi connectivity index (χ4n) is 2.18. The Kier molecular flexibility index (Phi) is 6.19. The number of nitrogens with one attached hydrogen (secondary N) is 1. The monoisotopic (exact) mass is 343 g/mol. The zero-order valence-electron chi connectivity index (χ0n) is 13.7. The fraction of sp³-hybridized carbons (Fsp3) is 0.176. The molecule has 8 heteroatoms. The largest absolute Gasteiger partial charge is 0.496 e. The first-order valence-corrected chi connectivity index (χ1v) is 7.30. The van der Waals surface area contributed by atoms with E-state index in [0.29, 0.717) is 16.9 Å². The van der Waals surface area contributed by atoms with E-state index >= 15 is 0 Å². The number of methoxy groups -OCH3 is 2. The van der Waals surface area contributed by atoms with Crippen LogP contribution in [-0.2, 0) is 9.53 Å². The van der Waals surface area contributed by atoms with Gasteiger partial charge in [-0.3, -0.25) is 14.9 Å². The lowest BCUT2D eigenvalue weighted by molar-refractivity contribution is -0.384. The van der Waals surface area contributed by atoms with Gasteiger partial charge in [0.1, 0.15) is 5.75 Å². The summed E-state index contributed by atoms with van der Waals surface area (Å²) in [5.41, 5.74) is 3.31. The Balaban J connectivity index is 2.13. The average Bonchev–Trinajstić information content (AvgIpc) is 2.63. The first-order valence-electron chi connectivity index (χ1n) is 7.30. The normalized spacial score (nSPS) is 11.9. The van der Waals surface area contributed by atoms with Crippen molar-refractivity contribution >= 4 is 17.8 Å². The standard InChI is InChI=1S/C17H17N3O5/c1-24-15-9-8-14(20(22)23)10-13(15)11-18-19-17(21)16(25-2)12-6-4-3-5-7-12/h3-11,16H,1-2H3,(H,19,21)/b18-11-/t16-/m1/s1. The molecule has 8 nitrogen and oxygen atoms in total. The van der Waals surface area contributed by atoms with Crippen LogP contribution in [0.3, 0.4) is 0 Å². The minimum absolute atomic E-state index is 0.104. The Morgan fingerprint density at radius 1 is 1.24 bits per heavy atom. The van der Waals surface area contributed by atoms with Gasteiger partial charge in [-0.05, 0) is 11.6 Å². The van der Waals surface area contributed by atoms with Crippen LogP contribution in [0.25, 0.3) is 0 Å². The maximum Gasteiger partial charge on any atom is 0.273 e. The molecule has 0 aliphatic heterocycles. The van der Waals surface area contributed by atoms with Crippen LogP contribution in [0.4, 0.5) is 5.69 Å².